The summed E-state index contributed by atoms with van der Waals surface area (Å²) < 4.78 is 5.29. The number of ether oxygens (including phenoxy) is 1. The molecule has 0 bridgehead atoms. The molecule has 19 heavy (non-hydrogen) atoms. The predicted octanol–water partition coefficient (Wildman–Crippen LogP) is 2.43. The Balaban J connectivity index is 1.97. The van der Waals surface area contributed by atoms with Crippen LogP contribution in [0.25, 0.3) is 0 Å². The first kappa shape index (κ1) is 13.7. The molecule has 1 aromatic rings. The average Bonchev–Trinajstić information content (AvgIpc) is 3.22. The first-order chi connectivity index (χ1) is 9.15. The Labute approximate surface area is 114 Å². The van der Waals surface area contributed by atoms with Gasteiger partial charge in [0.1, 0.15) is 5.75 Å². The summed E-state index contributed by atoms with van der Waals surface area (Å²) >= 11 is 0. The fourth-order valence-corrected chi connectivity index (χ4v) is 2.26. The Morgan fingerprint density at radius 3 is 2.79 bits per heavy atom. The molecule has 2 rings (SSSR count). The van der Waals surface area contributed by atoms with Crippen molar-refractivity contribution in [3.05, 3.63) is 23.8 Å². The van der Waals surface area contributed by atoms with Crippen molar-refractivity contribution >= 4 is 11.6 Å². The smallest absolute Gasteiger partial charge is 0.242 e. The number of methoxy groups -OCH3 is 1. The Hall–Kier alpha value is -1.71. The van der Waals surface area contributed by atoms with E-state index < -0.39 is 0 Å². The van der Waals surface area contributed by atoms with Gasteiger partial charge in [-0.05, 0) is 44.4 Å². The minimum Gasteiger partial charge on any atom is -0.495 e. The number of likely N-dealkylation sites (N-methyl/N-ethyl adjacent to an activating group) is 1. The van der Waals surface area contributed by atoms with Gasteiger partial charge in [-0.15, -0.1) is 0 Å². The van der Waals surface area contributed by atoms with E-state index in [0.717, 1.165) is 36.4 Å². The molecule has 0 unspecified atom stereocenters. The van der Waals surface area contributed by atoms with Gasteiger partial charge in [0, 0.05) is 12.6 Å². The van der Waals surface area contributed by atoms with Gasteiger partial charge in [-0.2, -0.15) is 0 Å². The van der Waals surface area contributed by atoms with E-state index in [1.54, 1.807) is 7.11 Å². The highest BCUT2D eigenvalue weighted by Crippen LogP contribution is 2.27. The molecular formula is C15H22N2O2. The van der Waals surface area contributed by atoms with Crippen LogP contribution in [0.4, 0.5) is 5.69 Å². The molecule has 1 N–H and O–H groups in total. The largest absolute Gasteiger partial charge is 0.495 e. The van der Waals surface area contributed by atoms with E-state index in [2.05, 4.69) is 5.32 Å². The summed E-state index contributed by atoms with van der Waals surface area (Å²) in [5.74, 6) is 0.932. The second-order valence-corrected chi connectivity index (χ2v) is 4.97. The van der Waals surface area contributed by atoms with Gasteiger partial charge in [-0.3, -0.25) is 4.79 Å². The molecule has 1 aromatic carbocycles. The van der Waals surface area contributed by atoms with Crippen LogP contribution >= 0.6 is 0 Å². The van der Waals surface area contributed by atoms with E-state index >= 15 is 0 Å². The average molecular weight is 262 g/mol. The minimum atomic E-state index is 0.161. The van der Waals surface area contributed by atoms with Gasteiger partial charge in [0.15, 0.2) is 0 Å². The van der Waals surface area contributed by atoms with Crippen molar-refractivity contribution in [2.24, 2.45) is 0 Å². The summed E-state index contributed by atoms with van der Waals surface area (Å²) in [7, 11) is 1.64. The molecule has 1 aliphatic rings. The van der Waals surface area contributed by atoms with Gasteiger partial charge in [-0.25, -0.2) is 0 Å². The van der Waals surface area contributed by atoms with Crippen LogP contribution in [0.3, 0.4) is 0 Å². The summed E-state index contributed by atoms with van der Waals surface area (Å²) in [6.07, 6.45) is 2.29. The molecule has 1 aliphatic carbocycles. The zero-order chi connectivity index (χ0) is 13.8. The van der Waals surface area contributed by atoms with Crippen LogP contribution < -0.4 is 10.1 Å². The molecule has 4 nitrogen and oxygen atoms in total. The topological polar surface area (TPSA) is 41.6 Å². The third kappa shape index (κ3) is 3.40. The van der Waals surface area contributed by atoms with E-state index in [1.807, 2.05) is 36.9 Å². The molecule has 0 radical (unpaired) electrons. The van der Waals surface area contributed by atoms with Gasteiger partial charge in [0.2, 0.25) is 5.91 Å². The number of benzene rings is 1. The van der Waals surface area contributed by atoms with E-state index in [4.69, 9.17) is 4.74 Å². The number of nitrogens with zero attached hydrogens (tertiary/aromatic N) is 1. The minimum absolute atomic E-state index is 0.161. The fourth-order valence-electron chi connectivity index (χ4n) is 2.26. The van der Waals surface area contributed by atoms with Gasteiger partial charge in [0.25, 0.3) is 0 Å². The number of hydrogen-bond donors (Lipinski definition) is 1. The fraction of sp³-hybridized carbons (Fsp3) is 0.533. The van der Waals surface area contributed by atoms with Gasteiger partial charge < -0.3 is 15.0 Å². The third-order valence-corrected chi connectivity index (χ3v) is 3.43. The number of nitrogens with one attached hydrogen (secondary N) is 1. The maximum atomic E-state index is 12.1. The lowest BCUT2D eigenvalue weighted by atomic mass is 10.2. The SMILES string of the molecule is CCN(C(=O)CNc1cc(C)ccc1OC)C1CC1. The van der Waals surface area contributed by atoms with Crippen molar-refractivity contribution < 1.29 is 9.53 Å². The lowest BCUT2D eigenvalue weighted by Gasteiger charge is -2.21. The molecule has 4 heteroatoms. The molecule has 0 atom stereocenters. The first-order valence-corrected chi connectivity index (χ1v) is 6.83. The number of carbonyl (C=O) groups excluding carboxylic acids is 1. The van der Waals surface area contributed by atoms with E-state index in [0.29, 0.717) is 12.6 Å². The van der Waals surface area contributed by atoms with Crippen molar-refractivity contribution in [1.82, 2.24) is 4.90 Å². The zero-order valence-electron chi connectivity index (χ0n) is 11.9. The van der Waals surface area contributed by atoms with Gasteiger partial charge in [0.05, 0.1) is 19.3 Å². The number of aryl methyl sites for hydroxylation is 1. The van der Waals surface area contributed by atoms with Crippen LogP contribution in [-0.2, 0) is 4.79 Å². The Morgan fingerprint density at radius 1 is 1.47 bits per heavy atom. The zero-order valence-corrected chi connectivity index (χ0v) is 11.9. The van der Waals surface area contributed by atoms with Crippen LogP contribution in [0.2, 0.25) is 0 Å². The number of hydrogen-bond acceptors (Lipinski definition) is 3. The van der Waals surface area contributed by atoms with E-state index in [-0.39, 0.29) is 5.91 Å². The lowest BCUT2D eigenvalue weighted by molar-refractivity contribution is -0.129. The first-order valence-electron chi connectivity index (χ1n) is 6.83. The molecule has 0 heterocycles. The number of rotatable bonds is 6. The van der Waals surface area contributed by atoms with Crippen LogP contribution in [0.5, 0.6) is 5.75 Å². The van der Waals surface area contributed by atoms with Gasteiger partial charge >= 0.3 is 0 Å². The summed E-state index contributed by atoms with van der Waals surface area (Å²) in [5, 5.41) is 3.19. The maximum Gasteiger partial charge on any atom is 0.242 e. The van der Waals surface area contributed by atoms with Crippen LogP contribution in [0.1, 0.15) is 25.3 Å². The predicted molar refractivity (Wildman–Crippen MR) is 76.6 cm³/mol. The molecule has 0 aromatic heterocycles. The van der Waals surface area contributed by atoms with Crippen LogP contribution in [0, 0.1) is 6.92 Å². The molecule has 0 aliphatic heterocycles. The summed E-state index contributed by atoms with van der Waals surface area (Å²) in [5.41, 5.74) is 2.02. The van der Waals surface area contributed by atoms with Crippen LogP contribution in [0.15, 0.2) is 18.2 Å². The maximum absolute atomic E-state index is 12.1. The van der Waals surface area contributed by atoms with Gasteiger partial charge in [-0.1, -0.05) is 6.07 Å². The number of amides is 1. The Morgan fingerprint density at radius 2 is 2.21 bits per heavy atom. The number of carbonyl (C=O) groups is 1. The standard InChI is InChI=1S/C15H22N2O2/c1-4-17(12-6-7-12)15(18)10-16-13-9-11(2)5-8-14(13)19-3/h5,8-9,12,16H,4,6-7,10H2,1-3H3. The van der Waals surface area contributed by atoms with Crippen molar-refractivity contribution in [2.75, 3.05) is 25.5 Å². The normalized spacial score (nSPS) is 14.1. The van der Waals surface area contributed by atoms with E-state index in [9.17, 15) is 4.79 Å². The van der Waals surface area contributed by atoms with Crippen LogP contribution in [-0.4, -0.2) is 37.0 Å². The summed E-state index contributed by atoms with van der Waals surface area (Å²) in [4.78, 5) is 14.1. The monoisotopic (exact) mass is 262 g/mol. The molecule has 0 saturated heterocycles. The molecule has 1 amide bonds. The quantitative estimate of drug-likeness (QED) is 0.856. The third-order valence-electron chi connectivity index (χ3n) is 3.43. The lowest BCUT2D eigenvalue weighted by Crippen LogP contribution is -2.37. The number of anilines is 1. The Kier molecular flexibility index (Phi) is 4.30. The van der Waals surface area contributed by atoms with Crippen molar-refractivity contribution in [3.63, 3.8) is 0 Å². The summed E-state index contributed by atoms with van der Waals surface area (Å²) in [6, 6.07) is 6.38. The highest BCUT2D eigenvalue weighted by Gasteiger charge is 2.30. The van der Waals surface area contributed by atoms with Crippen molar-refractivity contribution in [1.29, 1.82) is 0 Å². The van der Waals surface area contributed by atoms with Crippen molar-refractivity contribution in [2.45, 2.75) is 32.7 Å². The highest BCUT2D eigenvalue weighted by atomic mass is 16.5. The molecular weight excluding hydrogens is 240 g/mol. The molecule has 104 valence electrons. The van der Waals surface area contributed by atoms with Crippen molar-refractivity contribution in [3.8, 4) is 5.75 Å². The summed E-state index contributed by atoms with van der Waals surface area (Å²) in [6.45, 7) is 5.17. The molecule has 1 fully saturated rings. The molecule has 1 saturated carbocycles. The molecule has 0 spiro atoms. The second kappa shape index (κ2) is 5.95. The Bertz CT molecular complexity index is 455. The highest BCUT2D eigenvalue weighted by molar-refractivity contribution is 5.82. The van der Waals surface area contributed by atoms with E-state index in [1.165, 1.54) is 0 Å². The second-order valence-electron chi connectivity index (χ2n) is 4.97.